The third kappa shape index (κ3) is 3.32. The van der Waals surface area contributed by atoms with Gasteiger partial charge < -0.3 is 5.32 Å². The van der Waals surface area contributed by atoms with Gasteiger partial charge >= 0.3 is 0 Å². The van der Waals surface area contributed by atoms with Gasteiger partial charge in [0, 0.05) is 20.8 Å². The van der Waals surface area contributed by atoms with E-state index in [2.05, 4.69) is 10.4 Å². The van der Waals surface area contributed by atoms with Crippen molar-refractivity contribution < 1.29 is 4.79 Å². The number of fused-ring (bicyclic) bond motifs is 3. The van der Waals surface area contributed by atoms with Crippen LogP contribution in [-0.2, 0) is 4.79 Å². The summed E-state index contributed by atoms with van der Waals surface area (Å²) >= 11 is 7.72. The monoisotopic (exact) mass is 425 g/mol. The van der Waals surface area contributed by atoms with Crippen molar-refractivity contribution in [3.05, 3.63) is 69.1 Å². The molecule has 0 fully saturated rings. The van der Waals surface area contributed by atoms with E-state index in [1.807, 2.05) is 45.0 Å². The van der Waals surface area contributed by atoms with Gasteiger partial charge in [0.15, 0.2) is 0 Å². The van der Waals surface area contributed by atoms with Crippen molar-refractivity contribution in [1.29, 1.82) is 0 Å². The number of halogens is 1. The summed E-state index contributed by atoms with van der Waals surface area (Å²) in [6, 6.07) is 12.4. The molecule has 0 bridgehead atoms. The highest BCUT2D eigenvalue weighted by Crippen LogP contribution is 2.33. The van der Waals surface area contributed by atoms with Crippen molar-refractivity contribution in [3.63, 3.8) is 0 Å². The molecular formula is C22H20ClN3O2S. The second-order valence-corrected chi connectivity index (χ2v) is 8.42. The van der Waals surface area contributed by atoms with E-state index < -0.39 is 6.04 Å². The Morgan fingerprint density at radius 3 is 2.72 bits per heavy atom. The number of carbonyl (C=O) groups is 1. The van der Waals surface area contributed by atoms with Crippen molar-refractivity contribution in [2.24, 2.45) is 0 Å². The van der Waals surface area contributed by atoms with Crippen LogP contribution in [0.4, 0.5) is 5.69 Å². The van der Waals surface area contributed by atoms with Crippen LogP contribution < -0.4 is 10.9 Å². The van der Waals surface area contributed by atoms with Gasteiger partial charge in [-0.05, 0) is 44.0 Å². The summed E-state index contributed by atoms with van der Waals surface area (Å²) in [4.78, 5) is 26.4. The topological polar surface area (TPSA) is 64.0 Å². The molecule has 5 nitrogen and oxygen atoms in total. The normalized spacial score (nSPS) is 12.4. The van der Waals surface area contributed by atoms with E-state index in [0.29, 0.717) is 22.5 Å². The Hall–Kier alpha value is -2.70. The third-order valence-electron chi connectivity index (χ3n) is 5.11. The SMILES string of the molecule is CC[C@@H](C(=O)Nc1cccc(Cl)c1C)n1nc(C)c2sc3ccccc3c2c1=O. The van der Waals surface area contributed by atoms with E-state index in [1.54, 1.807) is 29.5 Å². The lowest BCUT2D eigenvalue weighted by molar-refractivity contribution is -0.119. The number of hydrogen-bond donors (Lipinski definition) is 1. The summed E-state index contributed by atoms with van der Waals surface area (Å²) < 4.78 is 3.23. The number of aryl methyl sites for hydroxylation is 1. The first-order valence-corrected chi connectivity index (χ1v) is 10.6. The molecule has 4 aromatic rings. The molecule has 0 aliphatic rings. The number of anilines is 1. The molecule has 0 saturated carbocycles. The lowest BCUT2D eigenvalue weighted by Gasteiger charge is -2.18. The Morgan fingerprint density at radius 2 is 1.97 bits per heavy atom. The standard InChI is InChI=1S/C22H20ClN3O2S/c1-4-17(21(27)24-16-10-7-9-15(23)12(16)2)26-22(28)19-14-8-5-6-11-18(14)29-20(19)13(3)25-26/h5-11,17H,4H2,1-3H3,(H,24,27)/t17-/m0/s1. The summed E-state index contributed by atoms with van der Waals surface area (Å²) in [6.07, 6.45) is 0.436. The van der Waals surface area contributed by atoms with Gasteiger partial charge in [-0.15, -0.1) is 11.3 Å². The maximum atomic E-state index is 13.3. The van der Waals surface area contributed by atoms with Gasteiger partial charge in [0.25, 0.3) is 5.56 Å². The fourth-order valence-corrected chi connectivity index (χ4v) is 4.83. The number of thiophene rings is 1. The molecule has 1 N–H and O–H groups in total. The number of amides is 1. The average molecular weight is 426 g/mol. The van der Waals surface area contributed by atoms with Gasteiger partial charge in [0.2, 0.25) is 5.91 Å². The molecule has 2 heterocycles. The van der Waals surface area contributed by atoms with E-state index in [1.165, 1.54) is 4.68 Å². The Kier molecular flexibility index (Phi) is 5.15. The van der Waals surface area contributed by atoms with E-state index in [-0.39, 0.29) is 11.5 Å². The first-order chi connectivity index (χ1) is 13.9. The van der Waals surface area contributed by atoms with Crippen LogP contribution in [0.25, 0.3) is 20.2 Å². The fourth-order valence-electron chi connectivity index (χ4n) is 3.52. The highest BCUT2D eigenvalue weighted by Gasteiger charge is 2.24. The largest absolute Gasteiger partial charge is 0.324 e. The Labute approximate surface area is 176 Å². The van der Waals surface area contributed by atoms with Gasteiger partial charge in [0.1, 0.15) is 6.04 Å². The van der Waals surface area contributed by atoms with Crippen molar-refractivity contribution in [1.82, 2.24) is 9.78 Å². The molecule has 1 atom stereocenters. The number of nitrogens with zero attached hydrogens (tertiary/aromatic N) is 2. The molecule has 1 amide bonds. The van der Waals surface area contributed by atoms with Crippen molar-refractivity contribution in [3.8, 4) is 0 Å². The number of benzene rings is 2. The molecule has 2 aromatic carbocycles. The maximum absolute atomic E-state index is 13.3. The summed E-state index contributed by atoms with van der Waals surface area (Å²) in [7, 11) is 0. The summed E-state index contributed by atoms with van der Waals surface area (Å²) in [5.41, 5.74) is 1.92. The predicted octanol–water partition coefficient (Wildman–Crippen LogP) is 5.47. The number of nitrogens with one attached hydrogen (secondary N) is 1. The lowest BCUT2D eigenvalue weighted by atomic mass is 10.1. The zero-order chi connectivity index (χ0) is 20.7. The fraction of sp³-hybridized carbons (Fsp3) is 0.227. The molecule has 0 unspecified atom stereocenters. The molecule has 148 valence electrons. The highest BCUT2D eigenvalue weighted by atomic mass is 35.5. The van der Waals surface area contributed by atoms with Crippen LogP contribution in [-0.4, -0.2) is 15.7 Å². The summed E-state index contributed by atoms with van der Waals surface area (Å²) in [5, 5.41) is 9.51. The number of carbonyl (C=O) groups excluding carboxylic acids is 1. The minimum atomic E-state index is -0.720. The zero-order valence-electron chi connectivity index (χ0n) is 16.3. The molecule has 0 aliphatic heterocycles. The Balaban J connectivity index is 1.82. The minimum Gasteiger partial charge on any atom is -0.324 e. The van der Waals surface area contributed by atoms with Gasteiger partial charge in [-0.2, -0.15) is 5.10 Å². The molecule has 29 heavy (non-hydrogen) atoms. The molecule has 0 spiro atoms. The molecule has 2 aromatic heterocycles. The van der Waals surface area contributed by atoms with E-state index >= 15 is 0 Å². The number of rotatable bonds is 4. The molecule has 0 radical (unpaired) electrons. The predicted molar refractivity (Wildman–Crippen MR) is 120 cm³/mol. The Bertz CT molecular complexity index is 1310. The highest BCUT2D eigenvalue weighted by molar-refractivity contribution is 7.26. The summed E-state index contributed by atoms with van der Waals surface area (Å²) in [6.45, 7) is 5.59. The minimum absolute atomic E-state index is 0.243. The van der Waals surface area contributed by atoms with Crippen molar-refractivity contribution in [2.45, 2.75) is 33.2 Å². The number of aromatic nitrogens is 2. The van der Waals surface area contributed by atoms with Crippen molar-refractivity contribution in [2.75, 3.05) is 5.32 Å². The summed E-state index contributed by atoms with van der Waals surface area (Å²) in [5.74, 6) is -0.286. The molecular weight excluding hydrogens is 406 g/mol. The molecule has 0 aliphatic carbocycles. The molecule has 4 rings (SSSR count). The van der Waals surface area contributed by atoms with Crippen LogP contribution >= 0.6 is 22.9 Å². The van der Waals surface area contributed by atoms with Crippen molar-refractivity contribution >= 4 is 54.7 Å². The van der Waals surface area contributed by atoms with Crippen LogP contribution in [0.2, 0.25) is 5.02 Å². The second-order valence-electron chi connectivity index (χ2n) is 6.96. The van der Waals surface area contributed by atoms with Gasteiger partial charge in [0.05, 0.1) is 15.8 Å². The van der Waals surface area contributed by atoms with E-state index in [0.717, 1.165) is 26.0 Å². The number of hydrogen-bond acceptors (Lipinski definition) is 4. The molecule has 0 saturated heterocycles. The van der Waals surface area contributed by atoms with Crippen LogP contribution in [0.15, 0.2) is 47.3 Å². The third-order valence-corrected chi connectivity index (χ3v) is 6.80. The van der Waals surface area contributed by atoms with E-state index in [9.17, 15) is 9.59 Å². The maximum Gasteiger partial charge on any atom is 0.276 e. The average Bonchev–Trinajstić information content (AvgIpc) is 3.10. The quantitative estimate of drug-likeness (QED) is 0.471. The van der Waals surface area contributed by atoms with Crippen LogP contribution in [0.1, 0.15) is 30.6 Å². The van der Waals surface area contributed by atoms with Gasteiger partial charge in [-0.1, -0.05) is 42.8 Å². The Morgan fingerprint density at radius 1 is 1.21 bits per heavy atom. The smallest absolute Gasteiger partial charge is 0.276 e. The van der Waals surface area contributed by atoms with Crippen LogP contribution in [0.3, 0.4) is 0 Å². The van der Waals surface area contributed by atoms with Gasteiger partial charge in [-0.3, -0.25) is 9.59 Å². The van der Waals surface area contributed by atoms with Crippen LogP contribution in [0.5, 0.6) is 0 Å². The van der Waals surface area contributed by atoms with E-state index in [4.69, 9.17) is 11.6 Å². The molecule has 7 heteroatoms. The first kappa shape index (κ1) is 19.6. The van der Waals surface area contributed by atoms with Crippen LogP contribution in [0, 0.1) is 13.8 Å². The van der Waals surface area contributed by atoms with Gasteiger partial charge in [-0.25, -0.2) is 4.68 Å². The second kappa shape index (κ2) is 7.61. The lowest BCUT2D eigenvalue weighted by Crippen LogP contribution is -2.35. The first-order valence-electron chi connectivity index (χ1n) is 9.39. The zero-order valence-corrected chi connectivity index (χ0v) is 17.9.